The number of thioether (sulfide) groups is 1. The summed E-state index contributed by atoms with van der Waals surface area (Å²) in [4.78, 5) is 43.1. The summed E-state index contributed by atoms with van der Waals surface area (Å²) in [6.45, 7) is 2.44. The van der Waals surface area contributed by atoms with Gasteiger partial charge in [-0.3, -0.25) is 19.4 Å². The van der Waals surface area contributed by atoms with Crippen LogP contribution in [0.2, 0.25) is 0 Å². The highest BCUT2D eigenvalue weighted by Gasteiger charge is 2.17. The summed E-state index contributed by atoms with van der Waals surface area (Å²) in [6.07, 6.45) is 0. The first-order chi connectivity index (χ1) is 14.9. The Morgan fingerprint density at radius 2 is 1.97 bits per heavy atom. The highest BCUT2D eigenvalue weighted by Crippen LogP contribution is 2.20. The number of amides is 2. The SMILES string of the molecule is CCOc1ccc(NC(=O)CSc2nc(N)c(NC(=O)c3ccc(Br)o3)c(=O)[nH]2)cc1. The van der Waals surface area contributed by atoms with Gasteiger partial charge in [0.15, 0.2) is 27.1 Å². The molecule has 0 aliphatic rings. The highest BCUT2D eigenvalue weighted by molar-refractivity contribution is 9.10. The summed E-state index contributed by atoms with van der Waals surface area (Å²) in [5.74, 6) is -0.441. The second-order valence-electron chi connectivity index (χ2n) is 5.98. The van der Waals surface area contributed by atoms with E-state index in [1.54, 1.807) is 30.3 Å². The molecule has 3 aromatic rings. The first kappa shape index (κ1) is 22.4. The van der Waals surface area contributed by atoms with Crippen LogP contribution in [0.1, 0.15) is 17.5 Å². The molecule has 12 heteroatoms. The van der Waals surface area contributed by atoms with Crippen molar-refractivity contribution in [3.8, 4) is 5.75 Å². The molecular formula is C19H18BrN5O5S. The van der Waals surface area contributed by atoms with Crippen molar-refractivity contribution in [2.45, 2.75) is 12.1 Å². The number of nitrogens with zero attached hydrogens (tertiary/aromatic N) is 1. The molecule has 2 amide bonds. The summed E-state index contributed by atoms with van der Waals surface area (Å²) in [5.41, 5.74) is 5.56. The molecule has 0 bridgehead atoms. The minimum Gasteiger partial charge on any atom is -0.494 e. The lowest BCUT2D eigenvalue weighted by molar-refractivity contribution is -0.113. The zero-order chi connectivity index (χ0) is 22.4. The van der Waals surface area contributed by atoms with Crippen molar-refractivity contribution >= 4 is 56.7 Å². The number of nitrogens with one attached hydrogen (secondary N) is 3. The first-order valence-corrected chi connectivity index (χ1v) is 10.8. The topological polar surface area (TPSA) is 152 Å². The predicted molar refractivity (Wildman–Crippen MR) is 121 cm³/mol. The number of hydrogen-bond acceptors (Lipinski definition) is 8. The second kappa shape index (κ2) is 10.2. The van der Waals surface area contributed by atoms with Crippen LogP contribution in [-0.4, -0.2) is 34.1 Å². The number of halogens is 1. The number of aromatic nitrogens is 2. The van der Waals surface area contributed by atoms with E-state index in [9.17, 15) is 14.4 Å². The smallest absolute Gasteiger partial charge is 0.291 e. The van der Waals surface area contributed by atoms with E-state index in [4.69, 9.17) is 14.9 Å². The molecule has 31 heavy (non-hydrogen) atoms. The van der Waals surface area contributed by atoms with Crippen molar-refractivity contribution in [2.75, 3.05) is 28.7 Å². The van der Waals surface area contributed by atoms with Crippen LogP contribution in [0.5, 0.6) is 5.75 Å². The van der Waals surface area contributed by atoms with Gasteiger partial charge in [0, 0.05) is 5.69 Å². The van der Waals surface area contributed by atoms with Crippen molar-refractivity contribution < 1.29 is 18.7 Å². The van der Waals surface area contributed by atoms with Crippen molar-refractivity contribution in [3.63, 3.8) is 0 Å². The highest BCUT2D eigenvalue weighted by atomic mass is 79.9. The van der Waals surface area contributed by atoms with Gasteiger partial charge >= 0.3 is 0 Å². The van der Waals surface area contributed by atoms with Crippen LogP contribution in [0.25, 0.3) is 0 Å². The Bertz CT molecular complexity index is 1150. The average Bonchev–Trinajstić information content (AvgIpc) is 3.17. The molecule has 0 radical (unpaired) electrons. The monoisotopic (exact) mass is 507 g/mol. The summed E-state index contributed by atoms with van der Waals surface area (Å²) < 4.78 is 10.8. The first-order valence-electron chi connectivity index (χ1n) is 8.97. The molecule has 0 spiro atoms. The normalized spacial score (nSPS) is 10.5. The lowest BCUT2D eigenvalue weighted by Crippen LogP contribution is -2.23. The molecular weight excluding hydrogens is 490 g/mol. The van der Waals surface area contributed by atoms with Crippen LogP contribution in [0.15, 0.2) is 55.4 Å². The van der Waals surface area contributed by atoms with Gasteiger partial charge in [0.25, 0.3) is 11.5 Å². The third-order valence-corrected chi connectivity index (χ3v) is 5.05. The second-order valence-corrected chi connectivity index (χ2v) is 7.73. The Labute approximate surface area is 189 Å². The molecule has 1 aromatic carbocycles. The van der Waals surface area contributed by atoms with Crippen LogP contribution in [0, 0.1) is 0 Å². The molecule has 2 aromatic heterocycles. The number of carbonyl (C=O) groups excluding carboxylic acids is 2. The van der Waals surface area contributed by atoms with Gasteiger partial charge in [-0.25, -0.2) is 4.98 Å². The van der Waals surface area contributed by atoms with Crippen LogP contribution in [0.3, 0.4) is 0 Å². The zero-order valence-electron chi connectivity index (χ0n) is 16.2. The number of nitrogen functional groups attached to an aromatic ring is 1. The number of anilines is 3. The lowest BCUT2D eigenvalue weighted by atomic mass is 10.3. The molecule has 0 aliphatic carbocycles. The molecule has 0 fully saturated rings. The van der Waals surface area contributed by atoms with Gasteiger partial charge in [-0.1, -0.05) is 11.8 Å². The third-order valence-electron chi connectivity index (χ3n) is 3.75. The fourth-order valence-electron chi connectivity index (χ4n) is 2.40. The standard InChI is InChI=1S/C19H18BrN5O5S/c1-2-29-11-5-3-10(4-6-11)22-14(26)9-31-19-24-16(21)15(18(28)25-19)23-17(27)12-7-8-13(20)30-12/h3-8H,2,9H2,1H3,(H,22,26)(H,23,27)(H3,21,24,25,28). The number of benzene rings is 1. The lowest BCUT2D eigenvalue weighted by Gasteiger charge is -2.08. The van der Waals surface area contributed by atoms with Crippen molar-refractivity contribution in [2.24, 2.45) is 0 Å². The summed E-state index contributed by atoms with van der Waals surface area (Å²) in [7, 11) is 0. The molecule has 5 N–H and O–H groups in total. The molecule has 10 nitrogen and oxygen atoms in total. The Hall–Kier alpha value is -3.25. The minimum absolute atomic E-state index is 0.00455. The van der Waals surface area contributed by atoms with E-state index in [-0.39, 0.29) is 34.1 Å². The molecule has 0 aliphatic heterocycles. The van der Waals surface area contributed by atoms with Crippen LogP contribution in [0.4, 0.5) is 17.2 Å². The summed E-state index contributed by atoms with van der Waals surface area (Å²) >= 11 is 4.08. The van der Waals surface area contributed by atoms with Crippen LogP contribution >= 0.6 is 27.7 Å². The van der Waals surface area contributed by atoms with Crippen molar-refractivity contribution in [1.82, 2.24) is 9.97 Å². The Morgan fingerprint density at radius 1 is 1.23 bits per heavy atom. The minimum atomic E-state index is -0.653. The summed E-state index contributed by atoms with van der Waals surface area (Å²) in [5, 5.41) is 5.24. The van der Waals surface area contributed by atoms with Gasteiger partial charge in [0.1, 0.15) is 5.75 Å². The number of nitrogens with two attached hydrogens (primary N) is 1. The van der Waals surface area contributed by atoms with E-state index in [2.05, 4.69) is 36.5 Å². The Morgan fingerprint density at radius 3 is 2.58 bits per heavy atom. The van der Waals surface area contributed by atoms with Gasteiger partial charge in [0.05, 0.1) is 12.4 Å². The van der Waals surface area contributed by atoms with E-state index in [0.717, 1.165) is 11.8 Å². The Kier molecular flexibility index (Phi) is 7.36. The molecule has 0 unspecified atom stereocenters. The molecule has 3 rings (SSSR count). The summed E-state index contributed by atoms with van der Waals surface area (Å²) in [6, 6.07) is 9.92. The number of furan rings is 1. The molecule has 0 atom stereocenters. The van der Waals surface area contributed by atoms with E-state index < -0.39 is 11.5 Å². The van der Waals surface area contributed by atoms with Crippen molar-refractivity contribution in [3.05, 3.63) is 57.2 Å². The van der Waals surface area contributed by atoms with E-state index in [1.807, 2.05) is 6.92 Å². The fraction of sp³-hybridized carbons (Fsp3) is 0.158. The molecule has 0 saturated carbocycles. The van der Waals surface area contributed by atoms with E-state index in [0.29, 0.717) is 22.7 Å². The number of ether oxygens (including phenoxy) is 1. The predicted octanol–water partition coefficient (Wildman–Crippen LogP) is 3.09. The zero-order valence-corrected chi connectivity index (χ0v) is 18.6. The van der Waals surface area contributed by atoms with Gasteiger partial charge in [-0.2, -0.15) is 0 Å². The number of hydrogen-bond donors (Lipinski definition) is 4. The maximum Gasteiger partial charge on any atom is 0.291 e. The van der Waals surface area contributed by atoms with Gasteiger partial charge in [-0.05, 0) is 59.3 Å². The van der Waals surface area contributed by atoms with Gasteiger partial charge in [0.2, 0.25) is 5.91 Å². The quantitative estimate of drug-likeness (QED) is 0.268. The van der Waals surface area contributed by atoms with E-state index in [1.165, 1.54) is 6.07 Å². The maximum absolute atomic E-state index is 12.3. The van der Waals surface area contributed by atoms with Crippen LogP contribution in [-0.2, 0) is 4.79 Å². The largest absolute Gasteiger partial charge is 0.494 e. The van der Waals surface area contributed by atoms with E-state index >= 15 is 0 Å². The van der Waals surface area contributed by atoms with Crippen LogP contribution < -0.4 is 26.7 Å². The average molecular weight is 508 g/mol. The number of rotatable bonds is 8. The number of aromatic amines is 1. The fourth-order valence-corrected chi connectivity index (χ4v) is 3.38. The molecule has 162 valence electrons. The molecule has 2 heterocycles. The third kappa shape index (κ3) is 6.12. The van der Waals surface area contributed by atoms with Crippen molar-refractivity contribution in [1.29, 1.82) is 0 Å². The van der Waals surface area contributed by atoms with Gasteiger partial charge in [-0.15, -0.1) is 0 Å². The number of H-pyrrole nitrogens is 1. The van der Waals surface area contributed by atoms with Gasteiger partial charge < -0.3 is 25.5 Å². The number of carbonyl (C=O) groups is 2. The Balaban J connectivity index is 1.59. The maximum atomic E-state index is 12.3. The molecule has 0 saturated heterocycles.